The number of amides is 2. The Hall–Kier alpha value is -3.76. The molecule has 2 atom stereocenters. The van der Waals surface area contributed by atoms with Crippen LogP contribution in [0.25, 0.3) is 22.2 Å². The first kappa shape index (κ1) is 29.7. The number of aromatic nitrogens is 2. The number of hydrogen-bond donors (Lipinski definition) is 2. The van der Waals surface area contributed by atoms with Crippen molar-refractivity contribution < 1.29 is 14.3 Å². The molecule has 0 aliphatic carbocycles. The molecule has 218 valence electrons. The van der Waals surface area contributed by atoms with Crippen molar-refractivity contribution in [1.82, 2.24) is 19.8 Å². The Morgan fingerprint density at radius 2 is 1.71 bits per heavy atom. The summed E-state index contributed by atoms with van der Waals surface area (Å²) < 4.78 is 6.90. The van der Waals surface area contributed by atoms with Crippen LogP contribution in [0.2, 0.25) is 10.0 Å². The van der Waals surface area contributed by atoms with E-state index in [1.807, 2.05) is 48.5 Å². The minimum absolute atomic E-state index is 0.145. The second-order valence-electron chi connectivity index (χ2n) is 10.2. The highest BCUT2D eigenvalue weighted by Gasteiger charge is 2.25. The number of nitrogens with one attached hydrogen (secondary N) is 2. The van der Waals surface area contributed by atoms with Crippen molar-refractivity contribution in [2.75, 3.05) is 38.2 Å². The molecule has 2 heterocycles. The number of benzene rings is 3. The van der Waals surface area contributed by atoms with Gasteiger partial charge in [-0.2, -0.15) is 0 Å². The van der Waals surface area contributed by atoms with E-state index in [9.17, 15) is 14.4 Å². The fraction of sp³-hybridized carbons (Fsp3) is 0.290. The van der Waals surface area contributed by atoms with Gasteiger partial charge in [0.2, 0.25) is 11.8 Å². The SMILES string of the molecule is CC(=O)Nc1ccccc1-c1ccc(C(CN2CCOCC2)NC(=O)C(C)n2c(=O)cnc3cc(Cl)c(Cl)cc32)cc1. The number of para-hydroxylation sites is 1. The van der Waals surface area contributed by atoms with Gasteiger partial charge in [0.15, 0.2) is 0 Å². The van der Waals surface area contributed by atoms with Crippen LogP contribution in [0, 0.1) is 0 Å². The molecule has 42 heavy (non-hydrogen) atoms. The number of carbonyl (C=O) groups is 2. The smallest absolute Gasteiger partial charge is 0.270 e. The van der Waals surface area contributed by atoms with Crippen LogP contribution < -0.4 is 16.2 Å². The number of carbonyl (C=O) groups excluding carboxylic acids is 2. The number of nitrogens with zero attached hydrogens (tertiary/aromatic N) is 3. The Labute approximate surface area is 253 Å². The van der Waals surface area contributed by atoms with E-state index in [1.165, 1.54) is 17.7 Å². The second kappa shape index (κ2) is 13.0. The minimum atomic E-state index is -0.851. The third-order valence-corrected chi connectivity index (χ3v) is 8.04. The monoisotopic (exact) mass is 607 g/mol. The van der Waals surface area contributed by atoms with E-state index < -0.39 is 11.6 Å². The third-order valence-electron chi connectivity index (χ3n) is 7.32. The molecule has 1 fully saturated rings. The lowest BCUT2D eigenvalue weighted by Crippen LogP contribution is -2.45. The van der Waals surface area contributed by atoms with Crippen molar-refractivity contribution in [3.05, 3.63) is 92.8 Å². The van der Waals surface area contributed by atoms with Crippen molar-refractivity contribution in [2.24, 2.45) is 0 Å². The lowest BCUT2D eigenvalue weighted by molar-refractivity contribution is -0.124. The predicted octanol–water partition coefficient (Wildman–Crippen LogP) is 5.08. The molecule has 1 saturated heterocycles. The number of fused-ring (bicyclic) bond motifs is 1. The molecule has 2 amide bonds. The highest BCUT2D eigenvalue weighted by atomic mass is 35.5. The van der Waals surface area contributed by atoms with E-state index in [0.717, 1.165) is 35.5 Å². The fourth-order valence-corrected chi connectivity index (χ4v) is 5.46. The normalized spacial score (nSPS) is 15.2. The topological polar surface area (TPSA) is 106 Å². The summed E-state index contributed by atoms with van der Waals surface area (Å²) in [7, 11) is 0. The lowest BCUT2D eigenvalue weighted by Gasteiger charge is -2.32. The predicted molar refractivity (Wildman–Crippen MR) is 165 cm³/mol. The van der Waals surface area contributed by atoms with Crippen molar-refractivity contribution in [3.63, 3.8) is 0 Å². The van der Waals surface area contributed by atoms with Gasteiger partial charge in [-0.15, -0.1) is 0 Å². The Morgan fingerprint density at radius 3 is 2.43 bits per heavy atom. The molecule has 1 aromatic heterocycles. The molecule has 0 saturated carbocycles. The van der Waals surface area contributed by atoms with Crippen LogP contribution in [0.3, 0.4) is 0 Å². The van der Waals surface area contributed by atoms with Gasteiger partial charge in [0.05, 0.1) is 46.5 Å². The zero-order valence-electron chi connectivity index (χ0n) is 23.3. The van der Waals surface area contributed by atoms with Gasteiger partial charge in [-0.05, 0) is 36.2 Å². The summed E-state index contributed by atoms with van der Waals surface area (Å²) in [5, 5.41) is 6.63. The van der Waals surface area contributed by atoms with E-state index >= 15 is 0 Å². The van der Waals surface area contributed by atoms with Gasteiger partial charge < -0.3 is 15.4 Å². The highest BCUT2D eigenvalue weighted by molar-refractivity contribution is 6.42. The summed E-state index contributed by atoms with van der Waals surface area (Å²) in [5.41, 5.74) is 3.92. The van der Waals surface area contributed by atoms with Crippen molar-refractivity contribution in [3.8, 4) is 11.1 Å². The van der Waals surface area contributed by atoms with Gasteiger partial charge in [0.25, 0.3) is 5.56 Å². The first-order valence-electron chi connectivity index (χ1n) is 13.6. The standard InChI is InChI=1S/C31H31Cl2N5O4/c1-19(38-29-16-25(33)24(32)15-27(29)34-17-30(38)40)31(41)36-28(18-37-11-13-42-14-12-37)22-9-7-21(8-10-22)23-5-3-4-6-26(23)35-20(2)39/h3-10,15-17,19,28H,11-14,18H2,1-2H3,(H,35,39)(H,36,41). The summed E-state index contributed by atoms with van der Waals surface area (Å²) in [5.74, 6) is -0.470. The molecule has 4 aromatic rings. The molecule has 2 unspecified atom stereocenters. The number of hydrogen-bond acceptors (Lipinski definition) is 6. The maximum atomic E-state index is 13.7. The van der Waals surface area contributed by atoms with Gasteiger partial charge in [-0.1, -0.05) is 65.7 Å². The van der Waals surface area contributed by atoms with Crippen LogP contribution in [0.15, 0.2) is 71.7 Å². The maximum Gasteiger partial charge on any atom is 0.270 e. The van der Waals surface area contributed by atoms with Gasteiger partial charge in [-0.25, -0.2) is 4.98 Å². The number of morpholine rings is 1. The Bertz CT molecular complexity index is 1670. The number of rotatable bonds is 8. The van der Waals surface area contributed by atoms with E-state index in [2.05, 4.69) is 20.5 Å². The van der Waals surface area contributed by atoms with E-state index in [1.54, 1.807) is 19.1 Å². The number of halogens is 2. The summed E-state index contributed by atoms with van der Waals surface area (Å²) >= 11 is 12.4. The molecule has 0 bridgehead atoms. The summed E-state index contributed by atoms with van der Waals surface area (Å²) in [6.07, 6.45) is 1.18. The Balaban J connectivity index is 1.44. The van der Waals surface area contributed by atoms with Gasteiger partial charge in [0, 0.05) is 37.8 Å². The molecule has 1 aliphatic rings. The minimum Gasteiger partial charge on any atom is -0.379 e. The molecular weight excluding hydrogens is 577 g/mol. The second-order valence-corrected chi connectivity index (χ2v) is 11.0. The molecule has 0 spiro atoms. The van der Waals surface area contributed by atoms with E-state index in [0.29, 0.717) is 35.8 Å². The summed E-state index contributed by atoms with van der Waals surface area (Å²) in [6.45, 7) is 6.46. The molecule has 11 heteroatoms. The largest absolute Gasteiger partial charge is 0.379 e. The van der Waals surface area contributed by atoms with Crippen molar-refractivity contribution in [2.45, 2.75) is 25.9 Å². The highest BCUT2D eigenvalue weighted by Crippen LogP contribution is 2.30. The number of anilines is 1. The first-order valence-corrected chi connectivity index (χ1v) is 14.4. The molecule has 0 radical (unpaired) electrons. The average Bonchev–Trinajstić information content (AvgIpc) is 2.98. The van der Waals surface area contributed by atoms with Crippen molar-refractivity contribution in [1.29, 1.82) is 0 Å². The van der Waals surface area contributed by atoms with Crippen LogP contribution in [-0.4, -0.2) is 59.1 Å². The molecule has 3 aromatic carbocycles. The van der Waals surface area contributed by atoms with E-state index in [4.69, 9.17) is 27.9 Å². The van der Waals surface area contributed by atoms with Crippen LogP contribution in [0.1, 0.15) is 31.5 Å². The third kappa shape index (κ3) is 6.65. The lowest BCUT2D eigenvalue weighted by atomic mass is 9.98. The average molecular weight is 609 g/mol. The van der Waals surface area contributed by atoms with Crippen LogP contribution >= 0.6 is 23.2 Å². The van der Waals surface area contributed by atoms with Crippen LogP contribution in [0.4, 0.5) is 5.69 Å². The van der Waals surface area contributed by atoms with Crippen LogP contribution in [-0.2, 0) is 14.3 Å². The van der Waals surface area contributed by atoms with E-state index in [-0.39, 0.29) is 22.9 Å². The quantitative estimate of drug-likeness (QED) is 0.289. The molecule has 5 rings (SSSR count). The summed E-state index contributed by atoms with van der Waals surface area (Å²) in [4.78, 5) is 44.8. The molecule has 2 N–H and O–H groups in total. The van der Waals surface area contributed by atoms with Gasteiger partial charge >= 0.3 is 0 Å². The molecule has 9 nitrogen and oxygen atoms in total. The maximum absolute atomic E-state index is 13.7. The first-order chi connectivity index (χ1) is 20.2. The van der Waals surface area contributed by atoms with Gasteiger partial charge in [0.1, 0.15) is 6.04 Å². The Morgan fingerprint density at radius 1 is 1.02 bits per heavy atom. The molecular formula is C31H31Cl2N5O4. The zero-order chi connectivity index (χ0) is 29.8. The number of ether oxygens (including phenoxy) is 1. The van der Waals surface area contributed by atoms with Crippen molar-refractivity contribution >= 4 is 51.7 Å². The van der Waals surface area contributed by atoms with Crippen LogP contribution in [0.5, 0.6) is 0 Å². The Kier molecular flexibility index (Phi) is 9.23. The fourth-order valence-electron chi connectivity index (χ4n) is 5.14. The summed E-state index contributed by atoms with van der Waals surface area (Å²) in [6, 6.07) is 17.4. The van der Waals surface area contributed by atoms with Gasteiger partial charge in [-0.3, -0.25) is 23.9 Å². The molecule has 1 aliphatic heterocycles. The zero-order valence-corrected chi connectivity index (χ0v) is 24.8.